The van der Waals surface area contributed by atoms with Crippen molar-refractivity contribution in [3.8, 4) is 0 Å². The van der Waals surface area contributed by atoms with Gasteiger partial charge in [0.25, 0.3) is 5.92 Å². The molecule has 8 heteroatoms. The summed E-state index contributed by atoms with van der Waals surface area (Å²) in [4.78, 5) is 12.9. The van der Waals surface area contributed by atoms with Gasteiger partial charge in [-0.15, -0.1) is 10.2 Å². The third kappa shape index (κ3) is 5.32. The Morgan fingerprint density at radius 3 is 2.53 bits per heavy atom. The van der Waals surface area contributed by atoms with Gasteiger partial charge in [-0.3, -0.25) is 4.79 Å². The first-order valence-electron chi connectivity index (χ1n) is 12.4. The van der Waals surface area contributed by atoms with Gasteiger partial charge in [0.2, 0.25) is 5.91 Å². The molecule has 2 aliphatic rings. The fourth-order valence-electron chi connectivity index (χ4n) is 5.22. The zero-order valence-electron chi connectivity index (χ0n) is 20.5. The number of aliphatic hydroxyl groups excluding tert-OH is 1. The highest BCUT2D eigenvalue weighted by Crippen LogP contribution is 2.49. The van der Waals surface area contributed by atoms with Crippen molar-refractivity contribution in [2.24, 2.45) is 11.8 Å². The Labute approximate surface area is 200 Å². The molecule has 2 saturated carbocycles. The Morgan fingerprint density at radius 2 is 1.94 bits per heavy atom. The van der Waals surface area contributed by atoms with Crippen LogP contribution in [0.5, 0.6) is 0 Å². The summed E-state index contributed by atoms with van der Waals surface area (Å²) in [6, 6.07) is 5.67. The first-order chi connectivity index (χ1) is 16.1. The predicted octanol–water partition coefficient (Wildman–Crippen LogP) is 5.51. The molecular weight excluding hydrogens is 438 g/mol. The molecule has 1 heterocycles. The molecular formula is C26H36F2N4O2. The minimum absolute atomic E-state index is 0.101. The van der Waals surface area contributed by atoms with Crippen LogP contribution in [-0.2, 0) is 4.79 Å². The molecule has 0 bridgehead atoms. The lowest BCUT2D eigenvalue weighted by Crippen LogP contribution is -2.35. The molecule has 0 radical (unpaired) electrons. The van der Waals surface area contributed by atoms with Gasteiger partial charge < -0.3 is 15.0 Å². The van der Waals surface area contributed by atoms with E-state index in [1.54, 1.807) is 6.07 Å². The van der Waals surface area contributed by atoms with E-state index in [1.807, 2.05) is 30.5 Å². The Balaban J connectivity index is 1.57. The van der Waals surface area contributed by atoms with Gasteiger partial charge in [0.1, 0.15) is 18.3 Å². The number of nitrogens with one attached hydrogen (secondary N) is 1. The van der Waals surface area contributed by atoms with Crippen molar-refractivity contribution in [1.82, 2.24) is 14.8 Å². The van der Waals surface area contributed by atoms with Gasteiger partial charge in [0.15, 0.2) is 0 Å². The van der Waals surface area contributed by atoms with Crippen LogP contribution in [0.3, 0.4) is 0 Å². The molecule has 6 nitrogen and oxygen atoms in total. The van der Waals surface area contributed by atoms with E-state index in [0.717, 1.165) is 49.1 Å². The molecule has 0 aliphatic heterocycles. The molecule has 0 spiro atoms. The van der Waals surface area contributed by atoms with Crippen molar-refractivity contribution in [3.05, 3.63) is 41.0 Å². The monoisotopic (exact) mass is 474 g/mol. The lowest BCUT2D eigenvalue weighted by Gasteiger charge is -2.36. The summed E-state index contributed by atoms with van der Waals surface area (Å²) in [5, 5.41) is 20.8. The fourth-order valence-corrected chi connectivity index (χ4v) is 5.22. The van der Waals surface area contributed by atoms with Crippen LogP contribution in [0.4, 0.5) is 14.5 Å². The lowest BCUT2D eigenvalue weighted by molar-refractivity contribution is -0.122. The summed E-state index contributed by atoms with van der Waals surface area (Å²) in [5.41, 5.74) is 2.51. The molecule has 2 aliphatic carbocycles. The number of alkyl halides is 2. The molecule has 2 aromatic rings. The Kier molecular flexibility index (Phi) is 7.08. The van der Waals surface area contributed by atoms with Gasteiger partial charge in [-0.2, -0.15) is 0 Å². The minimum atomic E-state index is -3.49. The van der Waals surface area contributed by atoms with Crippen LogP contribution in [0.1, 0.15) is 93.0 Å². The van der Waals surface area contributed by atoms with Crippen molar-refractivity contribution in [2.45, 2.75) is 90.0 Å². The molecule has 0 saturated heterocycles. The van der Waals surface area contributed by atoms with Crippen molar-refractivity contribution in [2.75, 3.05) is 11.9 Å². The molecule has 1 aromatic heterocycles. The number of rotatable bonds is 10. The molecule has 1 aromatic carbocycles. The molecule has 34 heavy (non-hydrogen) atoms. The maximum atomic E-state index is 15.0. The molecule has 2 N–H and O–H groups in total. The van der Waals surface area contributed by atoms with Gasteiger partial charge >= 0.3 is 0 Å². The normalized spacial score (nSPS) is 21.4. The SMILES string of the molecule is Cc1ccc(NC(=O)CC(c2nnc([C@H]3C[C@@H](CC(C)C)C3)n2C2CC2)C(F)(F)CO)c(C)c1. The number of aromatic nitrogens is 3. The zero-order valence-corrected chi connectivity index (χ0v) is 20.5. The summed E-state index contributed by atoms with van der Waals surface area (Å²) < 4.78 is 31.9. The van der Waals surface area contributed by atoms with E-state index < -0.39 is 30.8 Å². The van der Waals surface area contributed by atoms with Crippen molar-refractivity contribution in [1.29, 1.82) is 0 Å². The second kappa shape index (κ2) is 9.72. The number of amides is 1. The van der Waals surface area contributed by atoms with Gasteiger partial charge in [-0.25, -0.2) is 8.78 Å². The quantitative estimate of drug-likeness (QED) is 0.476. The Bertz CT molecular complexity index is 1030. The highest BCUT2D eigenvalue weighted by Gasteiger charge is 2.47. The topological polar surface area (TPSA) is 80.0 Å². The van der Waals surface area contributed by atoms with E-state index >= 15 is 0 Å². The van der Waals surface area contributed by atoms with E-state index in [-0.39, 0.29) is 17.8 Å². The first kappa shape index (κ1) is 24.8. The third-order valence-electron chi connectivity index (χ3n) is 7.14. The smallest absolute Gasteiger partial charge is 0.280 e. The van der Waals surface area contributed by atoms with Crippen molar-refractivity contribution in [3.63, 3.8) is 0 Å². The third-order valence-corrected chi connectivity index (χ3v) is 7.14. The Morgan fingerprint density at radius 1 is 1.24 bits per heavy atom. The number of nitrogens with zero attached hydrogens (tertiary/aromatic N) is 3. The number of carbonyl (C=O) groups is 1. The molecule has 1 unspecified atom stereocenters. The van der Waals surface area contributed by atoms with Crippen LogP contribution in [0.2, 0.25) is 0 Å². The lowest BCUT2D eigenvalue weighted by atomic mass is 9.71. The molecule has 1 amide bonds. The molecule has 1 atom stereocenters. The molecule has 186 valence electrons. The Hall–Kier alpha value is -2.35. The number of halogens is 2. The molecule has 2 fully saturated rings. The number of aryl methyl sites for hydroxylation is 2. The summed E-state index contributed by atoms with van der Waals surface area (Å²) in [6.45, 7) is 6.89. The fraction of sp³-hybridized carbons (Fsp3) is 0.654. The van der Waals surface area contributed by atoms with Crippen molar-refractivity contribution < 1.29 is 18.7 Å². The van der Waals surface area contributed by atoms with Crippen LogP contribution < -0.4 is 5.32 Å². The highest BCUT2D eigenvalue weighted by molar-refractivity contribution is 5.92. The van der Waals surface area contributed by atoms with Gasteiger partial charge in [0.05, 0.1) is 5.92 Å². The number of anilines is 1. The predicted molar refractivity (Wildman–Crippen MR) is 127 cm³/mol. The summed E-state index contributed by atoms with van der Waals surface area (Å²) in [7, 11) is 0. The van der Waals surface area contributed by atoms with Crippen LogP contribution in [0.25, 0.3) is 0 Å². The summed E-state index contributed by atoms with van der Waals surface area (Å²) in [6.07, 6.45) is 4.46. The maximum absolute atomic E-state index is 15.0. The number of benzene rings is 1. The van der Waals surface area contributed by atoms with Crippen LogP contribution >= 0.6 is 0 Å². The number of aliphatic hydroxyl groups is 1. The highest BCUT2D eigenvalue weighted by atomic mass is 19.3. The average Bonchev–Trinajstić information content (AvgIpc) is 3.49. The number of hydrogen-bond acceptors (Lipinski definition) is 4. The van der Waals surface area contributed by atoms with E-state index in [2.05, 4.69) is 29.4 Å². The maximum Gasteiger partial charge on any atom is 0.280 e. The van der Waals surface area contributed by atoms with Crippen LogP contribution in [-0.4, -0.2) is 38.3 Å². The van der Waals surface area contributed by atoms with Crippen molar-refractivity contribution >= 4 is 11.6 Å². The van der Waals surface area contributed by atoms with Crippen LogP contribution in [0, 0.1) is 25.7 Å². The number of carbonyl (C=O) groups excluding carboxylic acids is 1. The summed E-state index contributed by atoms with van der Waals surface area (Å²) >= 11 is 0. The van der Waals surface area contributed by atoms with E-state index in [9.17, 15) is 18.7 Å². The number of hydrogen-bond donors (Lipinski definition) is 2. The average molecular weight is 475 g/mol. The minimum Gasteiger partial charge on any atom is -0.390 e. The van der Waals surface area contributed by atoms with E-state index in [4.69, 9.17) is 0 Å². The second-order valence-electron chi connectivity index (χ2n) is 10.7. The van der Waals surface area contributed by atoms with Gasteiger partial charge in [0, 0.05) is 24.1 Å². The van der Waals surface area contributed by atoms with E-state index in [0.29, 0.717) is 17.5 Å². The second-order valence-corrected chi connectivity index (χ2v) is 10.7. The zero-order chi connectivity index (χ0) is 24.6. The summed E-state index contributed by atoms with van der Waals surface area (Å²) in [5.74, 6) is -3.18. The van der Waals surface area contributed by atoms with E-state index in [1.165, 1.54) is 0 Å². The molecule has 4 rings (SSSR count). The van der Waals surface area contributed by atoms with Gasteiger partial charge in [-0.05, 0) is 69.4 Å². The first-order valence-corrected chi connectivity index (χ1v) is 12.4. The van der Waals surface area contributed by atoms with Crippen LogP contribution in [0.15, 0.2) is 18.2 Å². The van der Waals surface area contributed by atoms with Gasteiger partial charge in [-0.1, -0.05) is 31.5 Å². The largest absolute Gasteiger partial charge is 0.390 e. The standard InChI is InChI=1S/C26H36F2N4O2/c1-15(2)9-18-11-19(12-18)24-30-31-25(32(24)20-6-7-20)21(26(27,28)14-33)13-23(34)29-22-8-5-16(3)10-17(22)4/h5,8,10,15,18-21,33H,6-7,9,11-14H2,1-4H3,(H,29,34)/t18-,19+,21?.